The van der Waals surface area contributed by atoms with Crippen LogP contribution in [0.4, 0.5) is 5.69 Å². The van der Waals surface area contributed by atoms with E-state index >= 15 is 0 Å². The van der Waals surface area contributed by atoms with Gasteiger partial charge in [-0.15, -0.1) is 0 Å². The smallest absolute Gasteiger partial charge is 0.273 e. The zero-order valence-electron chi connectivity index (χ0n) is 5.93. The van der Waals surface area contributed by atoms with Gasteiger partial charge in [0.1, 0.15) is 12.0 Å². The number of phenols is 1. The van der Waals surface area contributed by atoms with Crippen molar-refractivity contribution in [1.82, 2.24) is 0 Å². The van der Waals surface area contributed by atoms with Gasteiger partial charge in [0.05, 0.1) is 11.0 Å². The van der Waals surface area contributed by atoms with E-state index in [0.29, 0.717) is 6.29 Å². The molecule has 0 aliphatic rings. The molecule has 5 heteroatoms. The first-order chi connectivity index (χ1) is 5.63. The molecule has 0 saturated carbocycles. The van der Waals surface area contributed by atoms with E-state index in [1.165, 1.54) is 0 Å². The monoisotopic (exact) mass is 167 g/mol. The van der Waals surface area contributed by atoms with Gasteiger partial charge in [0.25, 0.3) is 5.69 Å². The number of hydrogen-bond acceptors (Lipinski definition) is 4. The van der Waals surface area contributed by atoms with Gasteiger partial charge in [-0.1, -0.05) is 0 Å². The summed E-state index contributed by atoms with van der Waals surface area (Å²) >= 11 is 0. The Kier molecular flexibility index (Phi) is 2.05. The molecule has 62 valence electrons. The molecule has 1 aromatic rings. The third-order valence-electron chi connectivity index (χ3n) is 1.27. The predicted molar refractivity (Wildman–Crippen MR) is 40.1 cm³/mol. The van der Waals surface area contributed by atoms with Crippen LogP contribution in [0.1, 0.15) is 10.4 Å². The molecule has 1 aromatic carbocycles. The minimum atomic E-state index is -0.674. The second kappa shape index (κ2) is 3.00. The Labute approximate surface area is 67.4 Å². The topological polar surface area (TPSA) is 80.4 Å². The Morgan fingerprint density at radius 3 is 2.58 bits per heavy atom. The lowest BCUT2D eigenvalue weighted by molar-refractivity contribution is -0.384. The van der Waals surface area contributed by atoms with Gasteiger partial charge in [-0.05, 0) is 6.07 Å². The summed E-state index contributed by atoms with van der Waals surface area (Å²) in [6.07, 6.45) is 0.437. The summed E-state index contributed by atoms with van der Waals surface area (Å²) in [5.74, 6) is -0.286. The third-order valence-corrected chi connectivity index (χ3v) is 1.27. The second-order valence-electron chi connectivity index (χ2n) is 2.16. The van der Waals surface area contributed by atoms with Gasteiger partial charge >= 0.3 is 0 Å². The molecule has 1 N–H and O–H groups in total. The van der Waals surface area contributed by atoms with Crippen molar-refractivity contribution in [3.63, 3.8) is 0 Å². The van der Waals surface area contributed by atoms with Crippen molar-refractivity contribution in [2.75, 3.05) is 0 Å². The minimum absolute atomic E-state index is 0.0849. The van der Waals surface area contributed by atoms with Gasteiger partial charge in [-0.2, -0.15) is 0 Å². The lowest BCUT2D eigenvalue weighted by Crippen LogP contribution is -1.89. The van der Waals surface area contributed by atoms with E-state index in [2.05, 4.69) is 0 Å². The highest BCUT2D eigenvalue weighted by atomic mass is 16.6. The minimum Gasteiger partial charge on any atom is -0.508 e. The molecule has 0 atom stereocenters. The molecular formula is C7H5NO4. The van der Waals surface area contributed by atoms with E-state index in [1.54, 1.807) is 0 Å². The van der Waals surface area contributed by atoms with Crippen molar-refractivity contribution in [3.8, 4) is 5.75 Å². The quantitative estimate of drug-likeness (QED) is 0.406. The Hall–Kier alpha value is -1.91. The van der Waals surface area contributed by atoms with Gasteiger partial charge in [0, 0.05) is 11.6 Å². The van der Waals surface area contributed by atoms with Crippen LogP contribution in [-0.4, -0.2) is 16.3 Å². The lowest BCUT2D eigenvalue weighted by Gasteiger charge is -1.94. The van der Waals surface area contributed by atoms with Crippen LogP contribution in [0.15, 0.2) is 18.2 Å². The summed E-state index contributed by atoms with van der Waals surface area (Å²) < 4.78 is 0. The molecule has 0 spiro atoms. The summed E-state index contributed by atoms with van der Waals surface area (Å²) in [7, 11) is 0. The number of aldehydes is 1. The largest absolute Gasteiger partial charge is 0.508 e. The maximum Gasteiger partial charge on any atom is 0.273 e. The SMILES string of the molecule is O=Cc1cc(O)cc([N+](=O)[O-])c1. The van der Waals surface area contributed by atoms with Gasteiger partial charge < -0.3 is 5.11 Å². The zero-order chi connectivity index (χ0) is 9.14. The maximum atomic E-state index is 10.2. The van der Waals surface area contributed by atoms with Crippen LogP contribution in [0.25, 0.3) is 0 Å². The first-order valence-electron chi connectivity index (χ1n) is 3.07. The molecule has 0 radical (unpaired) electrons. The van der Waals surface area contributed by atoms with Crippen LogP contribution >= 0.6 is 0 Å². The number of carbonyl (C=O) groups is 1. The van der Waals surface area contributed by atoms with Crippen LogP contribution < -0.4 is 0 Å². The number of nitro benzene ring substituents is 1. The fourth-order valence-electron chi connectivity index (χ4n) is 0.791. The van der Waals surface area contributed by atoms with Crippen molar-refractivity contribution in [2.45, 2.75) is 0 Å². The highest BCUT2D eigenvalue weighted by Gasteiger charge is 2.08. The highest BCUT2D eigenvalue weighted by Crippen LogP contribution is 2.20. The van der Waals surface area contributed by atoms with Crippen LogP contribution in [0, 0.1) is 10.1 Å². The lowest BCUT2D eigenvalue weighted by atomic mass is 10.2. The first-order valence-corrected chi connectivity index (χ1v) is 3.07. The van der Waals surface area contributed by atoms with E-state index in [9.17, 15) is 14.9 Å². The number of rotatable bonds is 2. The summed E-state index contributed by atoms with van der Waals surface area (Å²) in [5, 5.41) is 19.1. The maximum absolute atomic E-state index is 10.2. The number of hydrogen-bond donors (Lipinski definition) is 1. The normalized spacial score (nSPS) is 9.33. The van der Waals surface area contributed by atoms with Crippen molar-refractivity contribution < 1.29 is 14.8 Å². The fraction of sp³-hybridized carbons (Fsp3) is 0. The van der Waals surface area contributed by atoms with E-state index in [0.717, 1.165) is 18.2 Å². The molecule has 12 heavy (non-hydrogen) atoms. The molecule has 0 bridgehead atoms. The zero-order valence-corrected chi connectivity index (χ0v) is 5.93. The molecule has 5 nitrogen and oxygen atoms in total. The second-order valence-corrected chi connectivity index (χ2v) is 2.16. The van der Waals surface area contributed by atoms with E-state index in [1.807, 2.05) is 0 Å². The summed E-state index contributed by atoms with van der Waals surface area (Å²) in [6, 6.07) is 3.22. The van der Waals surface area contributed by atoms with E-state index in [4.69, 9.17) is 5.11 Å². The molecule has 0 fully saturated rings. The van der Waals surface area contributed by atoms with Crippen LogP contribution in [0.5, 0.6) is 5.75 Å². The Morgan fingerprint density at radius 1 is 1.42 bits per heavy atom. The van der Waals surface area contributed by atoms with Gasteiger partial charge in [0.15, 0.2) is 0 Å². The average Bonchev–Trinajstić information content (AvgIpc) is 2.03. The molecule has 0 unspecified atom stereocenters. The summed E-state index contributed by atoms with van der Waals surface area (Å²) in [4.78, 5) is 19.7. The molecule has 0 aromatic heterocycles. The van der Waals surface area contributed by atoms with Crippen molar-refractivity contribution in [2.24, 2.45) is 0 Å². The third kappa shape index (κ3) is 1.57. The van der Waals surface area contributed by atoms with Crippen LogP contribution in [0.3, 0.4) is 0 Å². The van der Waals surface area contributed by atoms with E-state index in [-0.39, 0.29) is 17.0 Å². The average molecular weight is 167 g/mol. The van der Waals surface area contributed by atoms with Crippen molar-refractivity contribution >= 4 is 12.0 Å². The number of benzene rings is 1. The number of phenolic OH excluding ortho intramolecular Hbond substituents is 1. The number of aromatic hydroxyl groups is 1. The molecule has 0 amide bonds. The van der Waals surface area contributed by atoms with Gasteiger partial charge in [0.2, 0.25) is 0 Å². The Morgan fingerprint density at radius 2 is 2.08 bits per heavy atom. The summed E-state index contributed by atoms with van der Waals surface area (Å²) in [6.45, 7) is 0. The van der Waals surface area contributed by atoms with Crippen molar-refractivity contribution in [1.29, 1.82) is 0 Å². The van der Waals surface area contributed by atoms with Gasteiger partial charge in [-0.25, -0.2) is 0 Å². The number of non-ortho nitro benzene ring substituents is 1. The van der Waals surface area contributed by atoms with Crippen molar-refractivity contribution in [3.05, 3.63) is 33.9 Å². The van der Waals surface area contributed by atoms with E-state index < -0.39 is 4.92 Å². The number of nitrogens with zero attached hydrogens (tertiary/aromatic N) is 1. The Balaban J connectivity index is 3.23. The fourth-order valence-corrected chi connectivity index (χ4v) is 0.791. The molecule has 1 rings (SSSR count). The molecule has 0 heterocycles. The highest BCUT2D eigenvalue weighted by molar-refractivity contribution is 5.77. The van der Waals surface area contributed by atoms with Gasteiger partial charge in [-0.3, -0.25) is 14.9 Å². The molecule has 0 aliphatic carbocycles. The summed E-state index contributed by atoms with van der Waals surface area (Å²) in [5.41, 5.74) is -0.209. The standard InChI is InChI=1S/C7H5NO4/c9-4-5-1-6(8(11)12)3-7(10)2-5/h1-4,10H. The number of carbonyl (C=O) groups excluding carboxylic acids is 1. The predicted octanol–water partition coefficient (Wildman–Crippen LogP) is 1.11. The molecular weight excluding hydrogens is 162 g/mol. The molecule has 0 aliphatic heterocycles. The first kappa shape index (κ1) is 8.19. The number of nitro groups is 1. The Bertz CT molecular complexity index is 334. The molecule has 0 saturated heterocycles. The van der Waals surface area contributed by atoms with Crippen LogP contribution in [0.2, 0.25) is 0 Å². The van der Waals surface area contributed by atoms with Crippen LogP contribution in [-0.2, 0) is 0 Å².